The van der Waals surface area contributed by atoms with Gasteiger partial charge in [0, 0.05) is 32.2 Å². The number of benzene rings is 2. The summed E-state index contributed by atoms with van der Waals surface area (Å²) in [5, 5.41) is 0. The number of halogens is 2. The second-order valence-corrected chi connectivity index (χ2v) is 6.25. The van der Waals surface area contributed by atoms with Crippen LogP contribution in [0.2, 0.25) is 0 Å². The molecule has 0 aliphatic carbocycles. The Bertz CT molecular complexity index is 828. The molecule has 1 aliphatic heterocycles. The van der Waals surface area contributed by atoms with E-state index in [0.717, 1.165) is 0 Å². The fraction of sp³-hybridized carbons (Fsp3) is 0.300. The van der Waals surface area contributed by atoms with Crippen LogP contribution < -0.4 is 4.74 Å². The molecular weight excluding hydrogens is 354 g/mol. The molecule has 2 aromatic carbocycles. The summed E-state index contributed by atoms with van der Waals surface area (Å²) < 4.78 is 32.3. The van der Waals surface area contributed by atoms with E-state index >= 15 is 0 Å². The van der Waals surface area contributed by atoms with E-state index in [1.807, 2.05) is 0 Å². The smallest absolute Gasteiger partial charge is 0.260 e. The van der Waals surface area contributed by atoms with Gasteiger partial charge in [-0.3, -0.25) is 9.59 Å². The van der Waals surface area contributed by atoms with Gasteiger partial charge in [-0.2, -0.15) is 0 Å². The summed E-state index contributed by atoms with van der Waals surface area (Å²) in [6, 6.07) is 11.5. The van der Waals surface area contributed by atoms with Crippen LogP contribution in [-0.4, -0.2) is 54.4 Å². The van der Waals surface area contributed by atoms with Gasteiger partial charge in [-0.05, 0) is 30.7 Å². The maximum absolute atomic E-state index is 13.8. The number of hydrogen-bond acceptors (Lipinski definition) is 3. The summed E-state index contributed by atoms with van der Waals surface area (Å²) >= 11 is 0. The number of carbonyl (C=O) groups is 2. The monoisotopic (exact) mass is 374 g/mol. The molecular formula is C20H20F2N2O3. The quantitative estimate of drug-likeness (QED) is 0.827. The Kier molecular flexibility index (Phi) is 6.01. The van der Waals surface area contributed by atoms with Gasteiger partial charge in [0.2, 0.25) is 0 Å². The summed E-state index contributed by atoms with van der Waals surface area (Å²) in [5.74, 6) is -1.31. The van der Waals surface area contributed by atoms with Crippen LogP contribution in [0.4, 0.5) is 8.78 Å². The molecule has 1 heterocycles. The van der Waals surface area contributed by atoms with Crippen LogP contribution in [0.1, 0.15) is 16.8 Å². The molecule has 1 saturated heterocycles. The van der Waals surface area contributed by atoms with Crippen LogP contribution in [-0.2, 0) is 4.79 Å². The molecule has 0 N–H and O–H groups in total. The molecule has 0 atom stereocenters. The molecule has 1 fully saturated rings. The first-order chi connectivity index (χ1) is 13.0. The minimum Gasteiger partial charge on any atom is -0.484 e. The molecule has 0 bridgehead atoms. The summed E-state index contributed by atoms with van der Waals surface area (Å²) in [7, 11) is 0. The molecule has 3 rings (SSSR count). The number of nitrogens with zero attached hydrogens (tertiary/aromatic N) is 2. The Hall–Kier alpha value is -2.96. The molecule has 7 heteroatoms. The van der Waals surface area contributed by atoms with E-state index in [9.17, 15) is 18.4 Å². The SMILES string of the molecule is O=C(COc1cccc(F)c1)N1CCCN(C(=O)c2ccccc2F)CC1. The first kappa shape index (κ1) is 18.8. The lowest BCUT2D eigenvalue weighted by molar-refractivity contribution is -0.133. The van der Waals surface area contributed by atoms with E-state index in [1.54, 1.807) is 21.9 Å². The molecule has 0 radical (unpaired) electrons. The van der Waals surface area contributed by atoms with Gasteiger partial charge < -0.3 is 14.5 Å². The topological polar surface area (TPSA) is 49.9 Å². The van der Waals surface area contributed by atoms with Crippen LogP contribution in [0.5, 0.6) is 5.75 Å². The summed E-state index contributed by atoms with van der Waals surface area (Å²) in [4.78, 5) is 28.0. The fourth-order valence-corrected chi connectivity index (χ4v) is 2.97. The summed E-state index contributed by atoms with van der Waals surface area (Å²) in [6.45, 7) is 1.38. The van der Waals surface area contributed by atoms with Gasteiger partial charge in [-0.25, -0.2) is 8.78 Å². The molecule has 142 valence electrons. The molecule has 0 saturated carbocycles. The highest BCUT2D eigenvalue weighted by Crippen LogP contribution is 2.14. The lowest BCUT2D eigenvalue weighted by Gasteiger charge is -2.22. The zero-order valence-corrected chi connectivity index (χ0v) is 14.7. The molecule has 0 aromatic heterocycles. The lowest BCUT2D eigenvalue weighted by atomic mass is 10.2. The van der Waals surface area contributed by atoms with Crippen LogP contribution in [0.25, 0.3) is 0 Å². The van der Waals surface area contributed by atoms with E-state index < -0.39 is 11.6 Å². The predicted molar refractivity (Wildman–Crippen MR) is 95.4 cm³/mol. The van der Waals surface area contributed by atoms with E-state index in [1.165, 1.54) is 36.4 Å². The minimum atomic E-state index is -0.553. The van der Waals surface area contributed by atoms with Crippen LogP contribution >= 0.6 is 0 Å². The number of ether oxygens (including phenoxy) is 1. The molecule has 1 aliphatic rings. The van der Waals surface area contributed by atoms with Crippen molar-refractivity contribution in [3.8, 4) is 5.75 Å². The van der Waals surface area contributed by atoms with Gasteiger partial charge in [0.05, 0.1) is 5.56 Å². The average Bonchev–Trinajstić information content (AvgIpc) is 2.92. The third-order valence-electron chi connectivity index (χ3n) is 4.40. The normalized spacial score (nSPS) is 14.6. The summed E-state index contributed by atoms with van der Waals surface area (Å²) in [6.07, 6.45) is 0.589. The highest BCUT2D eigenvalue weighted by atomic mass is 19.1. The minimum absolute atomic E-state index is 0.0340. The van der Waals surface area contributed by atoms with Crippen molar-refractivity contribution >= 4 is 11.8 Å². The average molecular weight is 374 g/mol. The number of amides is 2. The van der Waals surface area contributed by atoms with Crippen molar-refractivity contribution in [1.29, 1.82) is 0 Å². The van der Waals surface area contributed by atoms with Crippen molar-refractivity contribution in [1.82, 2.24) is 9.80 Å². The molecule has 2 aromatic rings. The zero-order chi connectivity index (χ0) is 19.2. The molecule has 2 amide bonds. The Balaban J connectivity index is 1.55. The van der Waals surface area contributed by atoms with Gasteiger partial charge in [-0.1, -0.05) is 18.2 Å². The first-order valence-corrected chi connectivity index (χ1v) is 8.74. The lowest BCUT2D eigenvalue weighted by Crippen LogP contribution is -2.39. The van der Waals surface area contributed by atoms with E-state index in [-0.39, 0.29) is 29.7 Å². The highest BCUT2D eigenvalue weighted by Gasteiger charge is 2.24. The number of rotatable bonds is 4. The van der Waals surface area contributed by atoms with E-state index in [0.29, 0.717) is 32.6 Å². The molecule has 5 nitrogen and oxygen atoms in total. The van der Waals surface area contributed by atoms with Crippen molar-refractivity contribution in [2.24, 2.45) is 0 Å². The summed E-state index contributed by atoms with van der Waals surface area (Å²) in [5.41, 5.74) is 0.0340. The van der Waals surface area contributed by atoms with Crippen LogP contribution in [0.15, 0.2) is 48.5 Å². The van der Waals surface area contributed by atoms with Crippen molar-refractivity contribution < 1.29 is 23.1 Å². The maximum Gasteiger partial charge on any atom is 0.260 e. The fourth-order valence-electron chi connectivity index (χ4n) is 2.97. The predicted octanol–water partition coefficient (Wildman–Crippen LogP) is 2.72. The standard InChI is InChI=1S/C20H20F2N2O3/c21-15-5-3-6-16(13-15)27-14-19(25)23-9-4-10-24(12-11-23)20(26)17-7-1-2-8-18(17)22/h1-3,5-8,13H,4,9-12,14H2. The Morgan fingerprint density at radius 3 is 2.44 bits per heavy atom. The maximum atomic E-state index is 13.8. The van der Waals surface area contributed by atoms with Crippen molar-refractivity contribution in [2.45, 2.75) is 6.42 Å². The third kappa shape index (κ3) is 4.81. The number of hydrogen-bond donors (Lipinski definition) is 0. The first-order valence-electron chi connectivity index (χ1n) is 8.74. The molecule has 0 spiro atoms. The Morgan fingerprint density at radius 1 is 0.926 bits per heavy atom. The van der Waals surface area contributed by atoms with Gasteiger partial charge in [0.1, 0.15) is 17.4 Å². The Labute approximate surface area is 156 Å². The second-order valence-electron chi connectivity index (χ2n) is 6.25. The number of carbonyl (C=O) groups excluding carboxylic acids is 2. The van der Waals surface area contributed by atoms with Gasteiger partial charge in [0.15, 0.2) is 6.61 Å². The van der Waals surface area contributed by atoms with Gasteiger partial charge in [0.25, 0.3) is 11.8 Å². The second kappa shape index (κ2) is 8.62. The van der Waals surface area contributed by atoms with Crippen LogP contribution in [0.3, 0.4) is 0 Å². The highest BCUT2D eigenvalue weighted by molar-refractivity contribution is 5.94. The van der Waals surface area contributed by atoms with Crippen molar-refractivity contribution in [3.63, 3.8) is 0 Å². The largest absolute Gasteiger partial charge is 0.484 e. The Morgan fingerprint density at radius 2 is 1.67 bits per heavy atom. The van der Waals surface area contributed by atoms with Gasteiger partial charge >= 0.3 is 0 Å². The molecule has 0 unspecified atom stereocenters. The van der Waals surface area contributed by atoms with E-state index in [2.05, 4.69) is 0 Å². The van der Waals surface area contributed by atoms with E-state index in [4.69, 9.17) is 4.74 Å². The van der Waals surface area contributed by atoms with Gasteiger partial charge in [-0.15, -0.1) is 0 Å². The molecule has 27 heavy (non-hydrogen) atoms. The third-order valence-corrected chi connectivity index (χ3v) is 4.40. The zero-order valence-electron chi connectivity index (χ0n) is 14.7. The van der Waals surface area contributed by atoms with Crippen molar-refractivity contribution in [2.75, 3.05) is 32.8 Å². The van der Waals surface area contributed by atoms with Crippen LogP contribution in [0, 0.1) is 11.6 Å². The van der Waals surface area contributed by atoms with Crippen molar-refractivity contribution in [3.05, 3.63) is 65.7 Å².